The molecular formula is C22H24N4O4S. The smallest absolute Gasteiger partial charge is 0.286 e. The van der Waals surface area contributed by atoms with E-state index in [1.54, 1.807) is 36.4 Å². The van der Waals surface area contributed by atoms with E-state index in [2.05, 4.69) is 30.5 Å². The van der Waals surface area contributed by atoms with Gasteiger partial charge in [-0.25, -0.2) is 0 Å². The number of nitrogens with two attached hydrogens (primary N) is 1. The second-order valence-corrected chi connectivity index (χ2v) is 10.4. The summed E-state index contributed by atoms with van der Waals surface area (Å²) in [6.07, 6.45) is 0.692. The summed E-state index contributed by atoms with van der Waals surface area (Å²) in [6.45, 7) is 6.58. The highest BCUT2D eigenvalue weighted by Gasteiger charge is 2.29. The maximum atomic E-state index is 13.5. The Hall–Kier alpha value is -3.33. The maximum Gasteiger partial charge on any atom is 0.286 e. The van der Waals surface area contributed by atoms with Crippen LogP contribution in [0.3, 0.4) is 0 Å². The van der Waals surface area contributed by atoms with Crippen molar-refractivity contribution in [3.8, 4) is 5.75 Å². The van der Waals surface area contributed by atoms with E-state index in [-0.39, 0.29) is 27.5 Å². The van der Waals surface area contributed by atoms with Gasteiger partial charge in [-0.2, -0.15) is 8.42 Å². The highest BCUT2D eigenvalue weighted by molar-refractivity contribution is 7.90. The minimum Gasteiger partial charge on any atom is -0.506 e. The van der Waals surface area contributed by atoms with Crippen molar-refractivity contribution in [1.82, 2.24) is 4.57 Å². The lowest BCUT2D eigenvalue weighted by Crippen LogP contribution is -2.33. The van der Waals surface area contributed by atoms with E-state index in [0.29, 0.717) is 35.2 Å². The van der Waals surface area contributed by atoms with Crippen molar-refractivity contribution >= 4 is 38.1 Å². The molecule has 1 aromatic heterocycles. The van der Waals surface area contributed by atoms with Crippen molar-refractivity contribution in [3.05, 3.63) is 58.4 Å². The van der Waals surface area contributed by atoms with Crippen LogP contribution < -0.4 is 16.6 Å². The van der Waals surface area contributed by atoms with E-state index in [9.17, 15) is 18.3 Å². The molecule has 0 radical (unpaired) electrons. The van der Waals surface area contributed by atoms with E-state index >= 15 is 0 Å². The number of hydrogen-bond donors (Lipinski definition) is 3. The number of hydrogen-bond acceptors (Lipinski definition) is 6. The van der Waals surface area contributed by atoms with Crippen molar-refractivity contribution in [2.24, 2.45) is 9.81 Å². The Morgan fingerprint density at radius 2 is 1.87 bits per heavy atom. The van der Waals surface area contributed by atoms with Crippen LogP contribution in [-0.4, -0.2) is 23.9 Å². The summed E-state index contributed by atoms with van der Waals surface area (Å²) in [4.78, 5) is 13.5. The zero-order valence-electron chi connectivity index (χ0n) is 17.5. The van der Waals surface area contributed by atoms with Crippen LogP contribution in [0, 0.1) is 5.41 Å². The third-order valence-electron chi connectivity index (χ3n) is 5.21. The van der Waals surface area contributed by atoms with Crippen LogP contribution in [0.25, 0.3) is 10.9 Å². The van der Waals surface area contributed by atoms with Gasteiger partial charge in [0.05, 0.1) is 11.2 Å². The first-order valence-corrected chi connectivity index (χ1v) is 11.3. The molecule has 1 aliphatic heterocycles. The number of nitrogen functional groups attached to an aromatic ring is 1. The molecule has 4 N–H and O–H groups in total. The van der Waals surface area contributed by atoms with E-state index in [1.165, 1.54) is 10.6 Å². The predicted molar refractivity (Wildman–Crippen MR) is 122 cm³/mol. The molecule has 0 unspecified atom stereocenters. The van der Waals surface area contributed by atoms with Gasteiger partial charge in [0.25, 0.3) is 15.6 Å². The standard InChI is InChI=1S/C22H24N4O4S/c1-22(2,3)10-11-26-16-9-8-13(23)12-14(16)19(27)18(21(26)28)20-24-15-6-4-5-7-17(15)31(29,30)25-20/h4-9,12,27H,10-11,23H2,1-3H3,(H,24,25). The van der Waals surface area contributed by atoms with Gasteiger partial charge in [-0.05, 0) is 42.2 Å². The monoisotopic (exact) mass is 440 g/mol. The Bertz CT molecular complexity index is 1400. The molecule has 0 amide bonds. The van der Waals surface area contributed by atoms with Gasteiger partial charge < -0.3 is 20.7 Å². The van der Waals surface area contributed by atoms with Crippen molar-refractivity contribution in [2.75, 3.05) is 11.1 Å². The lowest BCUT2D eigenvalue weighted by Gasteiger charge is -2.23. The molecule has 8 nitrogen and oxygen atoms in total. The summed E-state index contributed by atoms with van der Waals surface area (Å²) in [5, 5.41) is 14.2. The molecule has 3 aromatic rings. The van der Waals surface area contributed by atoms with Gasteiger partial charge in [-0.1, -0.05) is 32.9 Å². The molecule has 4 rings (SSSR count). The van der Waals surface area contributed by atoms with Crippen LogP contribution >= 0.6 is 0 Å². The number of para-hydroxylation sites is 1. The highest BCUT2D eigenvalue weighted by atomic mass is 32.2. The summed E-state index contributed by atoms with van der Waals surface area (Å²) in [6, 6.07) is 11.2. The molecule has 0 aliphatic carbocycles. The average molecular weight is 441 g/mol. The first-order valence-electron chi connectivity index (χ1n) is 9.84. The van der Waals surface area contributed by atoms with Crippen LogP contribution in [-0.2, 0) is 16.6 Å². The highest BCUT2D eigenvalue weighted by Crippen LogP contribution is 2.33. The lowest BCUT2D eigenvalue weighted by molar-refractivity contribution is 0.350. The first-order chi connectivity index (χ1) is 14.5. The number of aromatic nitrogens is 1. The van der Waals surface area contributed by atoms with E-state index in [4.69, 9.17) is 5.73 Å². The molecule has 0 bridgehead atoms. The number of rotatable bonds is 3. The van der Waals surface area contributed by atoms with Crippen LogP contribution in [0.5, 0.6) is 5.75 Å². The quantitative estimate of drug-likeness (QED) is 0.537. The molecular weight excluding hydrogens is 416 g/mol. The van der Waals surface area contributed by atoms with E-state index < -0.39 is 15.6 Å². The fraction of sp³-hybridized carbons (Fsp3) is 0.273. The summed E-state index contributed by atoms with van der Waals surface area (Å²) in [5.41, 5.74) is 6.36. The van der Waals surface area contributed by atoms with Crippen molar-refractivity contribution in [3.63, 3.8) is 0 Å². The number of anilines is 2. The summed E-state index contributed by atoms with van der Waals surface area (Å²) in [5.74, 6) is -0.574. The van der Waals surface area contributed by atoms with Crippen LogP contribution in [0.4, 0.5) is 11.4 Å². The molecule has 2 heterocycles. The van der Waals surface area contributed by atoms with Crippen LogP contribution in [0.15, 0.2) is 56.6 Å². The zero-order valence-corrected chi connectivity index (χ0v) is 18.3. The number of benzene rings is 2. The molecule has 0 atom stereocenters. The molecule has 2 aromatic carbocycles. The Kier molecular flexibility index (Phi) is 4.81. The minimum absolute atomic E-state index is 0.0105. The third kappa shape index (κ3) is 3.76. The van der Waals surface area contributed by atoms with Gasteiger partial charge in [0.2, 0.25) is 0 Å². The molecule has 0 spiro atoms. The molecule has 0 saturated heterocycles. The first kappa shape index (κ1) is 20.9. The van der Waals surface area contributed by atoms with Crippen LogP contribution in [0.2, 0.25) is 0 Å². The Morgan fingerprint density at radius 3 is 2.58 bits per heavy atom. The fourth-order valence-corrected chi connectivity index (χ4v) is 4.69. The van der Waals surface area contributed by atoms with Gasteiger partial charge in [0.1, 0.15) is 16.2 Å². The molecule has 1 aliphatic rings. The number of nitrogens with zero attached hydrogens (tertiary/aromatic N) is 2. The summed E-state index contributed by atoms with van der Waals surface area (Å²) >= 11 is 0. The second-order valence-electron chi connectivity index (χ2n) is 8.80. The largest absolute Gasteiger partial charge is 0.506 e. The number of aryl methyl sites for hydroxylation is 1. The normalized spacial score (nSPS) is 15.3. The molecule has 9 heteroatoms. The van der Waals surface area contributed by atoms with Gasteiger partial charge in [-0.3, -0.25) is 4.79 Å². The van der Waals surface area contributed by atoms with Gasteiger partial charge >= 0.3 is 0 Å². The number of fused-ring (bicyclic) bond motifs is 2. The zero-order chi connectivity index (χ0) is 22.6. The van der Waals surface area contributed by atoms with Gasteiger partial charge in [0.15, 0.2) is 5.84 Å². The molecule has 0 fully saturated rings. The number of pyridine rings is 1. The minimum atomic E-state index is -4.04. The SMILES string of the molecule is CC(C)(C)CCn1c(=O)c(C2=NS(=O)(=O)c3ccccc3N2)c(O)c2cc(N)ccc21. The second kappa shape index (κ2) is 7.12. The Balaban J connectivity index is 1.99. The fourth-order valence-electron chi connectivity index (χ4n) is 3.56. The Morgan fingerprint density at radius 1 is 1.16 bits per heavy atom. The average Bonchev–Trinajstić information content (AvgIpc) is 2.67. The predicted octanol–water partition coefficient (Wildman–Crippen LogP) is 3.29. The lowest BCUT2D eigenvalue weighted by atomic mass is 9.92. The third-order valence-corrected chi connectivity index (χ3v) is 6.55. The number of amidine groups is 1. The number of sulfonamides is 1. The number of nitrogens with one attached hydrogen (secondary N) is 1. The number of aromatic hydroxyl groups is 1. The molecule has 31 heavy (non-hydrogen) atoms. The van der Waals surface area contributed by atoms with Crippen molar-refractivity contribution in [2.45, 2.75) is 38.6 Å². The van der Waals surface area contributed by atoms with E-state index in [1.807, 2.05) is 0 Å². The van der Waals surface area contributed by atoms with Crippen molar-refractivity contribution < 1.29 is 13.5 Å². The Labute approximate surface area is 180 Å². The van der Waals surface area contributed by atoms with E-state index in [0.717, 1.165) is 0 Å². The summed E-state index contributed by atoms with van der Waals surface area (Å²) in [7, 11) is -4.04. The van der Waals surface area contributed by atoms with Crippen LogP contribution in [0.1, 0.15) is 32.8 Å². The topological polar surface area (TPSA) is 127 Å². The maximum absolute atomic E-state index is 13.5. The summed E-state index contributed by atoms with van der Waals surface area (Å²) < 4.78 is 30.7. The van der Waals surface area contributed by atoms with Crippen molar-refractivity contribution in [1.29, 1.82) is 0 Å². The molecule has 0 saturated carbocycles. The van der Waals surface area contributed by atoms with Gasteiger partial charge in [-0.15, -0.1) is 4.40 Å². The molecule has 162 valence electrons. The van der Waals surface area contributed by atoms with Gasteiger partial charge in [0, 0.05) is 17.6 Å².